The molecule has 0 saturated carbocycles. The smallest absolute Gasteiger partial charge is 0.123 e. The minimum Gasteiger partial charge on any atom is -0.381 e. The molecule has 1 saturated heterocycles. The van der Waals surface area contributed by atoms with Crippen LogP contribution in [0, 0.1) is 5.82 Å². The zero-order valence-electron chi connectivity index (χ0n) is 9.99. The van der Waals surface area contributed by atoms with Gasteiger partial charge >= 0.3 is 0 Å². The fraction of sp³-hybridized carbons (Fsp3) is 0.538. The molecule has 0 bridgehead atoms. The number of nitrogens with two attached hydrogens (primary N) is 1. The van der Waals surface area contributed by atoms with Crippen LogP contribution in [0.3, 0.4) is 0 Å². The van der Waals surface area contributed by atoms with E-state index in [4.69, 9.17) is 15.2 Å². The molecule has 2 rings (SSSR count). The number of benzene rings is 1. The van der Waals surface area contributed by atoms with E-state index in [0.29, 0.717) is 13.2 Å². The van der Waals surface area contributed by atoms with Crippen molar-refractivity contribution in [3.8, 4) is 0 Å². The molecule has 1 aliphatic rings. The highest BCUT2D eigenvalue weighted by Crippen LogP contribution is 2.35. The normalized spacial score (nSPS) is 21.1. The highest BCUT2D eigenvalue weighted by Gasteiger charge is 2.39. The van der Waals surface area contributed by atoms with Gasteiger partial charge in [0.05, 0.1) is 11.6 Å². The summed E-state index contributed by atoms with van der Waals surface area (Å²) in [5, 5.41) is 0. The molecule has 1 unspecified atom stereocenters. The SMILES string of the molecule is COC1(C(N)c2cccc(F)c2)CCOCC1. The summed E-state index contributed by atoms with van der Waals surface area (Å²) in [6.07, 6.45) is 1.47. The number of rotatable bonds is 3. The third-order valence-electron chi connectivity index (χ3n) is 3.52. The van der Waals surface area contributed by atoms with Gasteiger partial charge in [-0.25, -0.2) is 4.39 Å². The number of ether oxygens (including phenoxy) is 2. The maximum absolute atomic E-state index is 13.2. The molecule has 0 aromatic heterocycles. The Kier molecular flexibility index (Phi) is 3.76. The zero-order chi connectivity index (χ0) is 12.3. The highest BCUT2D eigenvalue weighted by molar-refractivity contribution is 5.23. The van der Waals surface area contributed by atoms with Crippen LogP contribution in [0.1, 0.15) is 24.4 Å². The summed E-state index contributed by atoms with van der Waals surface area (Å²) in [4.78, 5) is 0. The maximum Gasteiger partial charge on any atom is 0.123 e. The van der Waals surface area contributed by atoms with Crippen LogP contribution in [0.2, 0.25) is 0 Å². The van der Waals surface area contributed by atoms with Crippen molar-refractivity contribution in [3.05, 3.63) is 35.6 Å². The van der Waals surface area contributed by atoms with E-state index in [-0.39, 0.29) is 11.9 Å². The molecule has 1 aliphatic heterocycles. The summed E-state index contributed by atoms with van der Waals surface area (Å²) in [5.74, 6) is -0.267. The summed E-state index contributed by atoms with van der Waals surface area (Å²) < 4.78 is 24.1. The lowest BCUT2D eigenvalue weighted by Gasteiger charge is -2.40. The monoisotopic (exact) mass is 239 g/mol. The van der Waals surface area contributed by atoms with Crippen LogP contribution >= 0.6 is 0 Å². The average molecular weight is 239 g/mol. The molecular weight excluding hydrogens is 221 g/mol. The van der Waals surface area contributed by atoms with Crippen LogP contribution in [0.25, 0.3) is 0 Å². The van der Waals surface area contributed by atoms with Gasteiger partial charge in [-0.3, -0.25) is 0 Å². The van der Waals surface area contributed by atoms with Crippen molar-refractivity contribution in [1.29, 1.82) is 0 Å². The van der Waals surface area contributed by atoms with Gasteiger partial charge in [0.1, 0.15) is 5.82 Å². The molecule has 1 aromatic rings. The molecule has 94 valence electrons. The Morgan fingerprint density at radius 3 is 2.71 bits per heavy atom. The van der Waals surface area contributed by atoms with Gasteiger partial charge in [-0.15, -0.1) is 0 Å². The summed E-state index contributed by atoms with van der Waals surface area (Å²) in [6.45, 7) is 1.27. The third kappa shape index (κ3) is 2.49. The molecule has 0 aliphatic carbocycles. The van der Waals surface area contributed by atoms with Crippen molar-refractivity contribution in [2.75, 3.05) is 20.3 Å². The highest BCUT2D eigenvalue weighted by atomic mass is 19.1. The minimum absolute atomic E-state index is 0.267. The van der Waals surface area contributed by atoms with E-state index < -0.39 is 5.60 Å². The van der Waals surface area contributed by atoms with Gasteiger partial charge in [0, 0.05) is 33.2 Å². The van der Waals surface area contributed by atoms with Gasteiger partial charge in [0.25, 0.3) is 0 Å². The number of halogens is 1. The summed E-state index contributed by atoms with van der Waals surface area (Å²) in [7, 11) is 1.66. The first-order valence-electron chi connectivity index (χ1n) is 5.82. The van der Waals surface area contributed by atoms with Crippen molar-refractivity contribution >= 4 is 0 Å². The molecule has 0 spiro atoms. The molecule has 0 radical (unpaired) electrons. The van der Waals surface area contributed by atoms with Crippen molar-refractivity contribution in [1.82, 2.24) is 0 Å². The molecule has 3 nitrogen and oxygen atoms in total. The van der Waals surface area contributed by atoms with Crippen molar-refractivity contribution in [2.24, 2.45) is 5.73 Å². The van der Waals surface area contributed by atoms with Gasteiger partial charge in [0.2, 0.25) is 0 Å². The molecule has 17 heavy (non-hydrogen) atoms. The van der Waals surface area contributed by atoms with Crippen molar-refractivity contribution < 1.29 is 13.9 Å². The Morgan fingerprint density at radius 2 is 2.12 bits per heavy atom. The average Bonchev–Trinajstić information content (AvgIpc) is 2.38. The minimum atomic E-state index is -0.438. The molecule has 4 heteroatoms. The van der Waals surface area contributed by atoms with E-state index in [9.17, 15) is 4.39 Å². The molecule has 0 amide bonds. The van der Waals surface area contributed by atoms with Crippen LogP contribution < -0.4 is 5.73 Å². The Balaban J connectivity index is 2.24. The fourth-order valence-corrected chi connectivity index (χ4v) is 2.36. The zero-order valence-corrected chi connectivity index (χ0v) is 9.99. The largest absolute Gasteiger partial charge is 0.381 e. The van der Waals surface area contributed by atoms with Crippen LogP contribution in [0.15, 0.2) is 24.3 Å². The second kappa shape index (κ2) is 5.12. The first kappa shape index (κ1) is 12.5. The van der Waals surface area contributed by atoms with Gasteiger partial charge < -0.3 is 15.2 Å². The second-order valence-corrected chi connectivity index (χ2v) is 4.41. The van der Waals surface area contributed by atoms with E-state index in [0.717, 1.165) is 18.4 Å². The van der Waals surface area contributed by atoms with Crippen molar-refractivity contribution in [3.63, 3.8) is 0 Å². The van der Waals surface area contributed by atoms with E-state index in [1.807, 2.05) is 6.07 Å². The molecule has 1 fully saturated rings. The fourth-order valence-electron chi connectivity index (χ4n) is 2.36. The maximum atomic E-state index is 13.2. The van der Waals surface area contributed by atoms with Crippen LogP contribution in [-0.4, -0.2) is 25.9 Å². The Labute approximate surface area is 101 Å². The van der Waals surface area contributed by atoms with Crippen molar-refractivity contribution in [2.45, 2.75) is 24.5 Å². The molecule has 1 aromatic carbocycles. The Hall–Kier alpha value is -0.970. The van der Waals surface area contributed by atoms with E-state index >= 15 is 0 Å². The summed E-state index contributed by atoms with van der Waals surface area (Å²) >= 11 is 0. The molecular formula is C13H18FNO2. The third-order valence-corrected chi connectivity index (χ3v) is 3.52. The quantitative estimate of drug-likeness (QED) is 0.877. The number of hydrogen-bond acceptors (Lipinski definition) is 3. The van der Waals surface area contributed by atoms with Crippen LogP contribution in [0.5, 0.6) is 0 Å². The lowest BCUT2D eigenvalue weighted by Crippen LogP contribution is -2.47. The lowest BCUT2D eigenvalue weighted by atomic mass is 9.82. The number of methoxy groups -OCH3 is 1. The predicted octanol–water partition coefficient (Wildman–Crippen LogP) is 2.02. The Bertz CT molecular complexity index is 377. The van der Waals surface area contributed by atoms with Crippen LogP contribution in [-0.2, 0) is 9.47 Å². The first-order valence-corrected chi connectivity index (χ1v) is 5.82. The van der Waals surface area contributed by atoms with Gasteiger partial charge in [0.15, 0.2) is 0 Å². The predicted molar refractivity (Wildman–Crippen MR) is 63.1 cm³/mol. The Morgan fingerprint density at radius 1 is 1.41 bits per heavy atom. The number of hydrogen-bond donors (Lipinski definition) is 1. The van der Waals surface area contributed by atoms with Gasteiger partial charge in [-0.05, 0) is 17.7 Å². The van der Waals surface area contributed by atoms with Gasteiger partial charge in [-0.1, -0.05) is 12.1 Å². The lowest BCUT2D eigenvalue weighted by molar-refractivity contribution is -0.105. The molecule has 1 atom stereocenters. The second-order valence-electron chi connectivity index (χ2n) is 4.41. The summed E-state index contributed by atoms with van der Waals surface area (Å²) in [6, 6.07) is 6.07. The first-order chi connectivity index (χ1) is 8.18. The van der Waals surface area contributed by atoms with E-state index in [1.54, 1.807) is 13.2 Å². The van der Waals surface area contributed by atoms with Gasteiger partial charge in [-0.2, -0.15) is 0 Å². The van der Waals surface area contributed by atoms with Crippen LogP contribution in [0.4, 0.5) is 4.39 Å². The summed E-state index contributed by atoms with van der Waals surface area (Å²) in [5.41, 5.74) is 6.57. The standard InChI is InChI=1S/C13H18FNO2/c1-16-13(5-7-17-8-6-13)12(15)10-3-2-4-11(14)9-10/h2-4,9,12H,5-8,15H2,1H3. The van der Waals surface area contributed by atoms with E-state index in [2.05, 4.69) is 0 Å². The topological polar surface area (TPSA) is 44.5 Å². The molecule has 2 N–H and O–H groups in total. The van der Waals surface area contributed by atoms with E-state index in [1.165, 1.54) is 12.1 Å². The molecule has 1 heterocycles.